The first kappa shape index (κ1) is 18.9. The highest BCUT2D eigenvalue weighted by atomic mass is 16.5. The Labute approximate surface area is 179 Å². The minimum atomic E-state index is -0.559. The lowest BCUT2D eigenvalue weighted by Gasteiger charge is -2.17. The lowest BCUT2D eigenvalue weighted by atomic mass is 10.1. The van der Waals surface area contributed by atoms with Crippen LogP contribution in [0.2, 0.25) is 0 Å². The van der Waals surface area contributed by atoms with Crippen LogP contribution in [0.5, 0.6) is 0 Å². The molecular weight excluding hydrogens is 390 g/mol. The second-order valence-electron chi connectivity index (χ2n) is 7.29. The van der Waals surface area contributed by atoms with E-state index in [2.05, 4.69) is 9.97 Å². The summed E-state index contributed by atoms with van der Waals surface area (Å²) in [6.07, 6.45) is 2.48. The number of esters is 1. The van der Waals surface area contributed by atoms with Gasteiger partial charge >= 0.3 is 5.97 Å². The monoisotopic (exact) mass is 409 g/mol. The van der Waals surface area contributed by atoms with Crippen LogP contribution in [0.25, 0.3) is 22.3 Å². The summed E-state index contributed by atoms with van der Waals surface area (Å²) in [5.41, 5.74) is 4.27. The number of amides is 1. The Morgan fingerprint density at radius 3 is 2.61 bits per heavy atom. The Bertz CT molecular complexity index is 1290. The van der Waals surface area contributed by atoms with E-state index in [1.54, 1.807) is 17.2 Å². The molecule has 0 fully saturated rings. The fraction of sp³-hybridized carbons (Fsp3) is 0.120. The van der Waals surface area contributed by atoms with E-state index < -0.39 is 5.97 Å². The van der Waals surface area contributed by atoms with Gasteiger partial charge in [-0.3, -0.25) is 9.78 Å². The van der Waals surface area contributed by atoms with E-state index in [0.717, 1.165) is 17.7 Å². The molecule has 0 saturated carbocycles. The van der Waals surface area contributed by atoms with Crippen molar-refractivity contribution in [2.24, 2.45) is 0 Å². The maximum Gasteiger partial charge on any atom is 0.339 e. The van der Waals surface area contributed by atoms with Crippen molar-refractivity contribution >= 4 is 28.5 Å². The van der Waals surface area contributed by atoms with Crippen LogP contribution < -0.4 is 4.90 Å². The van der Waals surface area contributed by atoms with Crippen molar-refractivity contribution in [3.8, 4) is 11.4 Å². The Hall–Kier alpha value is -4.06. The zero-order valence-electron chi connectivity index (χ0n) is 16.7. The smallest absolute Gasteiger partial charge is 0.339 e. The maximum atomic E-state index is 13.0. The van der Waals surface area contributed by atoms with Gasteiger partial charge in [0.15, 0.2) is 6.61 Å². The number of hydrogen-bond donors (Lipinski definition) is 0. The number of fused-ring (bicyclic) bond motifs is 2. The van der Waals surface area contributed by atoms with Crippen molar-refractivity contribution in [2.45, 2.75) is 6.42 Å². The van der Waals surface area contributed by atoms with E-state index in [9.17, 15) is 9.59 Å². The fourth-order valence-electron chi connectivity index (χ4n) is 3.87. The molecule has 6 nitrogen and oxygen atoms in total. The molecule has 152 valence electrons. The molecule has 6 heteroatoms. The third-order valence-electron chi connectivity index (χ3n) is 5.38. The van der Waals surface area contributed by atoms with E-state index >= 15 is 0 Å². The summed E-state index contributed by atoms with van der Waals surface area (Å²) < 4.78 is 5.44. The number of aromatic nitrogens is 2. The first-order valence-corrected chi connectivity index (χ1v) is 10.1. The number of anilines is 1. The zero-order chi connectivity index (χ0) is 21.2. The molecule has 0 spiro atoms. The minimum absolute atomic E-state index is 0.235. The third kappa shape index (κ3) is 3.64. The van der Waals surface area contributed by atoms with Gasteiger partial charge in [0.1, 0.15) is 0 Å². The molecule has 5 rings (SSSR count). The van der Waals surface area contributed by atoms with Crippen molar-refractivity contribution in [3.63, 3.8) is 0 Å². The normalized spacial score (nSPS) is 12.6. The van der Waals surface area contributed by atoms with Gasteiger partial charge in [-0.25, -0.2) is 9.78 Å². The van der Waals surface area contributed by atoms with Gasteiger partial charge in [-0.05, 0) is 42.3 Å². The number of benzene rings is 2. The van der Waals surface area contributed by atoms with E-state index in [1.807, 2.05) is 66.7 Å². The van der Waals surface area contributed by atoms with Crippen LogP contribution in [-0.4, -0.2) is 35.0 Å². The van der Waals surface area contributed by atoms with Gasteiger partial charge in [0, 0.05) is 23.8 Å². The molecule has 0 bridgehead atoms. The Balaban J connectivity index is 1.40. The van der Waals surface area contributed by atoms with E-state index in [-0.39, 0.29) is 12.5 Å². The molecule has 2 aromatic carbocycles. The second kappa shape index (κ2) is 7.99. The summed E-state index contributed by atoms with van der Waals surface area (Å²) in [6, 6.07) is 22.3. The molecule has 0 N–H and O–H groups in total. The topological polar surface area (TPSA) is 72.4 Å². The van der Waals surface area contributed by atoms with Gasteiger partial charge in [-0.1, -0.05) is 42.5 Å². The minimum Gasteiger partial charge on any atom is -0.452 e. The van der Waals surface area contributed by atoms with Crippen molar-refractivity contribution in [2.75, 3.05) is 18.1 Å². The Kier molecular flexibility index (Phi) is 4.88. The van der Waals surface area contributed by atoms with Gasteiger partial charge in [-0.2, -0.15) is 0 Å². The highest BCUT2D eigenvalue weighted by Crippen LogP contribution is 2.28. The summed E-state index contributed by atoms with van der Waals surface area (Å²) in [5, 5.41) is 0.672. The molecular formula is C25H19N3O3. The van der Waals surface area contributed by atoms with E-state index in [0.29, 0.717) is 34.4 Å². The molecule has 1 aliphatic heterocycles. The fourth-order valence-corrected chi connectivity index (χ4v) is 3.87. The van der Waals surface area contributed by atoms with Gasteiger partial charge in [0.2, 0.25) is 0 Å². The standard InChI is InChI=1S/C25H19N3O3/c29-24(28-14-12-17-7-1-4-11-23(17)28)16-31-25(30)19-15-22(21-10-5-6-13-26-21)27-20-9-3-2-8-18(19)20/h1-11,13,15H,12,14,16H2. The molecule has 0 atom stereocenters. The molecule has 4 aromatic rings. The SMILES string of the molecule is O=C(OCC(=O)N1CCc2ccccc21)c1cc(-c2ccccn2)nc2ccccc12. The number of carbonyl (C=O) groups is 2. The van der Waals surface area contributed by atoms with Crippen LogP contribution in [-0.2, 0) is 16.0 Å². The molecule has 31 heavy (non-hydrogen) atoms. The third-order valence-corrected chi connectivity index (χ3v) is 5.38. The van der Waals surface area contributed by atoms with Gasteiger partial charge in [0.25, 0.3) is 5.91 Å². The molecule has 3 heterocycles. The van der Waals surface area contributed by atoms with E-state index in [1.165, 1.54) is 0 Å². The molecule has 0 saturated heterocycles. The molecule has 2 aromatic heterocycles. The molecule has 1 aliphatic rings. The number of rotatable bonds is 4. The van der Waals surface area contributed by atoms with Crippen LogP contribution in [0.4, 0.5) is 5.69 Å². The maximum absolute atomic E-state index is 13.0. The molecule has 0 aliphatic carbocycles. The number of para-hydroxylation sites is 2. The van der Waals surface area contributed by atoms with Crippen LogP contribution in [0, 0.1) is 0 Å². The quantitative estimate of drug-likeness (QED) is 0.476. The summed E-state index contributed by atoms with van der Waals surface area (Å²) in [7, 11) is 0. The van der Waals surface area contributed by atoms with Crippen LogP contribution in [0.15, 0.2) is 79.0 Å². The average molecular weight is 409 g/mol. The Morgan fingerprint density at radius 1 is 0.935 bits per heavy atom. The highest BCUT2D eigenvalue weighted by molar-refractivity contribution is 6.05. The number of carbonyl (C=O) groups excluding carboxylic acids is 2. The lowest BCUT2D eigenvalue weighted by Crippen LogP contribution is -2.33. The number of pyridine rings is 2. The van der Waals surface area contributed by atoms with Crippen molar-refractivity contribution in [3.05, 3.63) is 90.1 Å². The van der Waals surface area contributed by atoms with Crippen molar-refractivity contribution in [1.29, 1.82) is 0 Å². The van der Waals surface area contributed by atoms with Crippen molar-refractivity contribution in [1.82, 2.24) is 9.97 Å². The average Bonchev–Trinajstić information content (AvgIpc) is 3.26. The first-order chi connectivity index (χ1) is 15.2. The van der Waals surface area contributed by atoms with Gasteiger partial charge in [0.05, 0.1) is 22.5 Å². The van der Waals surface area contributed by atoms with Crippen LogP contribution >= 0.6 is 0 Å². The zero-order valence-corrected chi connectivity index (χ0v) is 16.7. The molecule has 1 amide bonds. The summed E-state index contributed by atoms with van der Waals surface area (Å²) >= 11 is 0. The second-order valence-corrected chi connectivity index (χ2v) is 7.29. The lowest BCUT2D eigenvalue weighted by molar-refractivity contribution is -0.121. The Morgan fingerprint density at radius 2 is 1.74 bits per heavy atom. The highest BCUT2D eigenvalue weighted by Gasteiger charge is 2.25. The van der Waals surface area contributed by atoms with Gasteiger partial charge < -0.3 is 9.64 Å². The van der Waals surface area contributed by atoms with Crippen LogP contribution in [0.1, 0.15) is 15.9 Å². The summed E-state index contributed by atoms with van der Waals surface area (Å²) in [4.78, 5) is 36.3. The van der Waals surface area contributed by atoms with Crippen LogP contribution in [0.3, 0.4) is 0 Å². The van der Waals surface area contributed by atoms with Crippen molar-refractivity contribution < 1.29 is 14.3 Å². The predicted octanol–water partition coefficient (Wildman–Crippen LogP) is 4.04. The predicted molar refractivity (Wildman–Crippen MR) is 118 cm³/mol. The first-order valence-electron chi connectivity index (χ1n) is 10.1. The summed E-state index contributed by atoms with van der Waals surface area (Å²) in [6.45, 7) is 0.278. The number of ether oxygens (including phenoxy) is 1. The number of nitrogens with zero attached hydrogens (tertiary/aromatic N) is 3. The van der Waals surface area contributed by atoms with Gasteiger partial charge in [-0.15, -0.1) is 0 Å². The molecule has 0 radical (unpaired) electrons. The van der Waals surface area contributed by atoms with E-state index in [4.69, 9.17) is 4.74 Å². The largest absolute Gasteiger partial charge is 0.452 e. The summed E-state index contributed by atoms with van der Waals surface area (Å²) in [5.74, 6) is -0.793. The molecule has 0 unspecified atom stereocenters. The number of hydrogen-bond acceptors (Lipinski definition) is 5.